The third kappa shape index (κ3) is 2.18. The Balaban J connectivity index is 2.32. The Morgan fingerprint density at radius 1 is 1.25 bits per heavy atom. The van der Waals surface area contributed by atoms with Crippen LogP contribution in [0.15, 0.2) is 41.1 Å². The number of rotatable bonds is 2. The van der Waals surface area contributed by atoms with Crippen molar-refractivity contribution in [2.75, 3.05) is 5.73 Å². The Bertz CT molecular complexity index is 777. The van der Waals surface area contributed by atoms with Crippen molar-refractivity contribution in [3.63, 3.8) is 0 Å². The van der Waals surface area contributed by atoms with Crippen LogP contribution in [-0.2, 0) is 0 Å². The molecule has 3 rings (SSSR count). The van der Waals surface area contributed by atoms with E-state index < -0.39 is 0 Å². The number of nitrogen functional groups attached to an aromatic ring is 1. The van der Waals surface area contributed by atoms with Gasteiger partial charge in [-0.1, -0.05) is 15.9 Å². The van der Waals surface area contributed by atoms with Gasteiger partial charge in [-0.25, -0.2) is 9.97 Å². The van der Waals surface area contributed by atoms with Gasteiger partial charge in [0.2, 0.25) is 5.95 Å². The summed E-state index contributed by atoms with van der Waals surface area (Å²) in [7, 11) is 0. The van der Waals surface area contributed by atoms with Gasteiger partial charge in [0, 0.05) is 39.4 Å². The minimum atomic E-state index is 0.294. The van der Waals surface area contributed by atoms with Gasteiger partial charge in [0.05, 0.1) is 5.69 Å². The molecule has 0 spiro atoms. The highest BCUT2D eigenvalue weighted by molar-refractivity contribution is 9.10. The minimum absolute atomic E-state index is 0.294. The van der Waals surface area contributed by atoms with E-state index in [-0.39, 0.29) is 0 Å². The molecule has 0 unspecified atom stereocenters. The van der Waals surface area contributed by atoms with Crippen LogP contribution in [0.2, 0.25) is 0 Å². The molecule has 0 aliphatic rings. The molecular formula is C15H15BrN4. The fraction of sp³-hybridized carbons (Fsp3) is 0.200. The number of nitrogens with zero attached hydrogens (tertiary/aromatic N) is 3. The van der Waals surface area contributed by atoms with Crippen LogP contribution >= 0.6 is 15.9 Å². The second-order valence-corrected chi connectivity index (χ2v) is 5.92. The molecule has 2 N–H and O–H groups in total. The first-order valence-electron chi connectivity index (χ1n) is 6.45. The summed E-state index contributed by atoms with van der Waals surface area (Å²) in [5.74, 6) is 0.294. The fourth-order valence-electron chi connectivity index (χ4n) is 2.38. The molecule has 3 aromatic rings. The van der Waals surface area contributed by atoms with E-state index in [1.165, 1.54) is 5.52 Å². The molecule has 1 aromatic carbocycles. The molecule has 0 atom stereocenters. The second kappa shape index (κ2) is 4.90. The maximum atomic E-state index is 5.70. The molecule has 5 heteroatoms. The van der Waals surface area contributed by atoms with E-state index in [4.69, 9.17) is 5.73 Å². The first kappa shape index (κ1) is 13.1. The van der Waals surface area contributed by atoms with Gasteiger partial charge in [0.15, 0.2) is 0 Å². The maximum Gasteiger partial charge on any atom is 0.220 e. The Labute approximate surface area is 125 Å². The number of benzene rings is 1. The number of hydrogen-bond donors (Lipinski definition) is 1. The molecule has 0 radical (unpaired) electrons. The zero-order valence-electron chi connectivity index (χ0n) is 11.3. The SMILES string of the molecule is CC(C)n1cc(-c2ccnc(N)n2)c2cc(Br)ccc21. The minimum Gasteiger partial charge on any atom is -0.368 e. The number of aromatic nitrogens is 3. The number of anilines is 1. The number of fused-ring (bicyclic) bond motifs is 1. The highest BCUT2D eigenvalue weighted by Gasteiger charge is 2.13. The number of halogens is 1. The van der Waals surface area contributed by atoms with Crippen molar-refractivity contribution < 1.29 is 0 Å². The summed E-state index contributed by atoms with van der Waals surface area (Å²) >= 11 is 3.53. The molecule has 0 aliphatic carbocycles. The van der Waals surface area contributed by atoms with Crippen molar-refractivity contribution in [2.45, 2.75) is 19.9 Å². The van der Waals surface area contributed by atoms with Crippen LogP contribution in [0.5, 0.6) is 0 Å². The molecule has 20 heavy (non-hydrogen) atoms. The average Bonchev–Trinajstić information content (AvgIpc) is 2.77. The standard InChI is InChI=1S/C15H15BrN4/c1-9(2)20-8-12(13-5-6-18-15(17)19-13)11-7-10(16)3-4-14(11)20/h3-9H,1-2H3,(H2,17,18,19). The van der Waals surface area contributed by atoms with Crippen LogP contribution in [-0.4, -0.2) is 14.5 Å². The van der Waals surface area contributed by atoms with E-state index in [9.17, 15) is 0 Å². The van der Waals surface area contributed by atoms with Gasteiger partial charge in [0.1, 0.15) is 0 Å². The molecule has 0 saturated heterocycles. The summed E-state index contributed by atoms with van der Waals surface area (Å²) in [5.41, 5.74) is 8.81. The highest BCUT2D eigenvalue weighted by Crippen LogP contribution is 2.33. The number of nitrogens with two attached hydrogens (primary N) is 1. The Kier molecular flexibility index (Phi) is 3.22. The van der Waals surface area contributed by atoms with Crippen LogP contribution < -0.4 is 5.73 Å². The molecule has 0 bridgehead atoms. The van der Waals surface area contributed by atoms with Gasteiger partial charge in [-0.2, -0.15) is 0 Å². The number of hydrogen-bond acceptors (Lipinski definition) is 3. The van der Waals surface area contributed by atoms with Crippen molar-refractivity contribution in [2.24, 2.45) is 0 Å². The molecule has 4 nitrogen and oxygen atoms in total. The summed E-state index contributed by atoms with van der Waals surface area (Å²) in [5, 5.41) is 1.16. The van der Waals surface area contributed by atoms with Crippen molar-refractivity contribution in [1.82, 2.24) is 14.5 Å². The summed E-state index contributed by atoms with van der Waals surface area (Å²) in [6.07, 6.45) is 3.82. The highest BCUT2D eigenvalue weighted by atomic mass is 79.9. The summed E-state index contributed by atoms with van der Waals surface area (Å²) in [6.45, 7) is 4.33. The summed E-state index contributed by atoms with van der Waals surface area (Å²) in [4.78, 5) is 8.29. The second-order valence-electron chi connectivity index (χ2n) is 5.01. The van der Waals surface area contributed by atoms with Crippen LogP contribution in [0.1, 0.15) is 19.9 Å². The molecule has 0 saturated carbocycles. The summed E-state index contributed by atoms with van der Waals surface area (Å²) in [6, 6.07) is 8.55. The lowest BCUT2D eigenvalue weighted by molar-refractivity contribution is 0.623. The monoisotopic (exact) mass is 330 g/mol. The van der Waals surface area contributed by atoms with Crippen molar-refractivity contribution in [1.29, 1.82) is 0 Å². The third-order valence-corrected chi connectivity index (χ3v) is 3.79. The first-order valence-corrected chi connectivity index (χ1v) is 7.24. The lowest BCUT2D eigenvalue weighted by atomic mass is 10.1. The van der Waals surface area contributed by atoms with Gasteiger partial charge >= 0.3 is 0 Å². The maximum absolute atomic E-state index is 5.70. The quantitative estimate of drug-likeness (QED) is 0.771. The molecular weight excluding hydrogens is 316 g/mol. The van der Waals surface area contributed by atoms with E-state index in [0.29, 0.717) is 12.0 Å². The fourth-order valence-corrected chi connectivity index (χ4v) is 2.74. The van der Waals surface area contributed by atoms with Crippen LogP contribution in [0.4, 0.5) is 5.95 Å². The van der Waals surface area contributed by atoms with E-state index in [0.717, 1.165) is 21.1 Å². The molecule has 0 amide bonds. The first-order chi connectivity index (χ1) is 9.56. The van der Waals surface area contributed by atoms with Crippen molar-refractivity contribution >= 4 is 32.8 Å². The predicted octanol–water partition coefficient (Wildman–Crippen LogP) is 4.02. The van der Waals surface area contributed by atoms with E-state index >= 15 is 0 Å². The lowest BCUT2D eigenvalue weighted by Gasteiger charge is -2.08. The Morgan fingerprint density at radius 3 is 2.75 bits per heavy atom. The van der Waals surface area contributed by atoms with E-state index in [1.807, 2.05) is 6.07 Å². The van der Waals surface area contributed by atoms with Gasteiger partial charge in [-0.3, -0.25) is 0 Å². The topological polar surface area (TPSA) is 56.7 Å². The van der Waals surface area contributed by atoms with Gasteiger partial charge < -0.3 is 10.3 Å². The van der Waals surface area contributed by atoms with Gasteiger partial charge in [-0.05, 0) is 38.1 Å². The normalized spacial score (nSPS) is 11.4. The van der Waals surface area contributed by atoms with Crippen molar-refractivity contribution in [3.8, 4) is 11.3 Å². The molecule has 2 aromatic heterocycles. The molecule has 0 fully saturated rings. The van der Waals surface area contributed by atoms with Crippen LogP contribution in [0.25, 0.3) is 22.2 Å². The van der Waals surface area contributed by atoms with E-state index in [2.05, 4.69) is 68.7 Å². The van der Waals surface area contributed by atoms with E-state index in [1.54, 1.807) is 6.20 Å². The average molecular weight is 331 g/mol. The third-order valence-electron chi connectivity index (χ3n) is 3.30. The van der Waals surface area contributed by atoms with Gasteiger partial charge in [0.25, 0.3) is 0 Å². The predicted molar refractivity (Wildman–Crippen MR) is 85.5 cm³/mol. The smallest absolute Gasteiger partial charge is 0.220 e. The molecule has 102 valence electrons. The zero-order chi connectivity index (χ0) is 14.3. The molecule has 0 aliphatic heterocycles. The zero-order valence-corrected chi connectivity index (χ0v) is 12.9. The van der Waals surface area contributed by atoms with Crippen LogP contribution in [0.3, 0.4) is 0 Å². The van der Waals surface area contributed by atoms with Crippen LogP contribution in [0, 0.1) is 0 Å². The lowest BCUT2D eigenvalue weighted by Crippen LogP contribution is -1.98. The van der Waals surface area contributed by atoms with Crippen molar-refractivity contribution in [3.05, 3.63) is 41.1 Å². The van der Waals surface area contributed by atoms with Gasteiger partial charge in [-0.15, -0.1) is 0 Å². The largest absolute Gasteiger partial charge is 0.368 e. The molecule has 2 heterocycles. The summed E-state index contributed by atoms with van der Waals surface area (Å²) < 4.78 is 3.30. The Hall–Kier alpha value is -1.88. The Morgan fingerprint density at radius 2 is 2.05 bits per heavy atom.